The molecule has 3 heterocycles. The Hall–Kier alpha value is -3.88. The topological polar surface area (TPSA) is 112 Å². The number of carbonyl (C=O) groups excluding carboxylic acids is 1. The molecule has 9 nitrogen and oxygen atoms in total. The molecule has 0 spiro atoms. The van der Waals surface area contributed by atoms with Crippen molar-refractivity contribution >= 4 is 5.97 Å². The Morgan fingerprint density at radius 1 is 1.11 bits per heavy atom. The summed E-state index contributed by atoms with van der Waals surface area (Å²) in [6.07, 6.45) is 2.31. The Labute approximate surface area is 208 Å². The predicted molar refractivity (Wildman–Crippen MR) is 131 cm³/mol. The number of nitrogens with one attached hydrogen (secondary N) is 2. The van der Waals surface area contributed by atoms with Crippen LogP contribution < -0.4 is 24.5 Å². The van der Waals surface area contributed by atoms with Crippen molar-refractivity contribution in [2.24, 2.45) is 0 Å². The number of aromatic nitrogens is 2. The Morgan fingerprint density at radius 2 is 1.94 bits per heavy atom. The van der Waals surface area contributed by atoms with E-state index in [-0.39, 0.29) is 24.4 Å². The van der Waals surface area contributed by atoms with E-state index in [0.29, 0.717) is 40.5 Å². The maximum absolute atomic E-state index is 13.1. The monoisotopic (exact) mass is 494 g/mol. The fourth-order valence-corrected chi connectivity index (χ4v) is 4.93. The van der Waals surface area contributed by atoms with Crippen LogP contribution in [0.4, 0.5) is 0 Å². The number of aromatic amines is 2. The number of fused-ring (bicyclic) bond motifs is 2. The third kappa shape index (κ3) is 4.53. The van der Waals surface area contributed by atoms with E-state index in [1.807, 2.05) is 12.1 Å². The van der Waals surface area contributed by atoms with Gasteiger partial charge in [0, 0.05) is 23.6 Å². The van der Waals surface area contributed by atoms with Gasteiger partial charge < -0.3 is 28.8 Å². The summed E-state index contributed by atoms with van der Waals surface area (Å²) in [5, 5.41) is 5.74. The third-order valence-electron chi connectivity index (χ3n) is 6.82. The average Bonchev–Trinajstić information content (AvgIpc) is 3.48. The molecule has 0 radical (unpaired) electrons. The van der Waals surface area contributed by atoms with Crippen molar-refractivity contribution in [3.8, 4) is 23.0 Å². The summed E-state index contributed by atoms with van der Waals surface area (Å²) in [4.78, 5) is 25.5. The minimum absolute atomic E-state index is 0.0274. The molecular formula is C27H30N2O7. The van der Waals surface area contributed by atoms with Crippen molar-refractivity contribution in [2.45, 2.75) is 51.0 Å². The van der Waals surface area contributed by atoms with Gasteiger partial charge >= 0.3 is 5.97 Å². The second kappa shape index (κ2) is 9.29. The SMILES string of the molecule is COC(=O)C[C@H](c1cc(OC)c2c(c1)OCO2)c1c(Cc2ccc3c(c2)CCC(C)(C)O3)[nH][nH]c1=O. The zero-order valence-corrected chi connectivity index (χ0v) is 20.9. The molecule has 3 aromatic rings. The first-order valence-electron chi connectivity index (χ1n) is 11.9. The van der Waals surface area contributed by atoms with E-state index in [1.54, 1.807) is 12.1 Å². The fraction of sp³-hybridized carbons (Fsp3) is 0.407. The van der Waals surface area contributed by atoms with Crippen LogP contribution in [-0.4, -0.2) is 42.8 Å². The van der Waals surface area contributed by atoms with E-state index in [2.05, 4.69) is 30.1 Å². The predicted octanol–water partition coefficient (Wildman–Crippen LogP) is 3.83. The Morgan fingerprint density at radius 3 is 2.72 bits per heavy atom. The summed E-state index contributed by atoms with van der Waals surface area (Å²) in [5.41, 5.74) is 3.57. The molecule has 0 saturated carbocycles. The number of esters is 1. The van der Waals surface area contributed by atoms with Crippen LogP contribution in [-0.2, 0) is 22.4 Å². The molecule has 0 unspecified atom stereocenters. The maximum Gasteiger partial charge on any atom is 0.306 e. The fourth-order valence-electron chi connectivity index (χ4n) is 4.93. The summed E-state index contributed by atoms with van der Waals surface area (Å²) >= 11 is 0. The highest BCUT2D eigenvalue weighted by Crippen LogP contribution is 2.45. The molecule has 0 amide bonds. The van der Waals surface area contributed by atoms with Crippen LogP contribution in [0.5, 0.6) is 23.0 Å². The summed E-state index contributed by atoms with van der Waals surface area (Å²) in [6.45, 7) is 4.26. The second-order valence-electron chi connectivity index (χ2n) is 9.74. The van der Waals surface area contributed by atoms with E-state index < -0.39 is 11.9 Å². The molecule has 2 N–H and O–H groups in total. The first-order valence-corrected chi connectivity index (χ1v) is 11.9. The van der Waals surface area contributed by atoms with Gasteiger partial charge in [-0.05, 0) is 61.6 Å². The summed E-state index contributed by atoms with van der Waals surface area (Å²) < 4.78 is 27.7. The Kier molecular flexibility index (Phi) is 6.15. The smallest absolute Gasteiger partial charge is 0.306 e. The van der Waals surface area contributed by atoms with Gasteiger partial charge in [-0.3, -0.25) is 14.7 Å². The van der Waals surface area contributed by atoms with Crippen molar-refractivity contribution < 1.29 is 28.5 Å². The van der Waals surface area contributed by atoms with Gasteiger partial charge in [-0.2, -0.15) is 0 Å². The zero-order chi connectivity index (χ0) is 25.4. The normalized spacial score (nSPS) is 16.1. The number of hydrogen-bond donors (Lipinski definition) is 2. The molecule has 0 aliphatic carbocycles. The molecule has 2 aliphatic heterocycles. The van der Waals surface area contributed by atoms with Crippen molar-refractivity contribution in [1.29, 1.82) is 0 Å². The standard InChI is InChI=1S/C27H30N2O7/c1-27(2)8-7-16-9-15(5-6-20(16)36-27)10-19-24(26(31)29-28-19)18(13-23(30)33-4)17-11-21(32-3)25-22(12-17)34-14-35-25/h5-6,9,11-12,18H,7-8,10,13-14H2,1-4H3,(H2,28,29,31)/t18-/m1/s1. The number of ether oxygens (including phenoxy) is 5. The molecule has 2 aliphatic rings. The molecule has 1 aromatic heterocycles. The van der Waals surface area contributed by atoms with Gasteiger partial charge in [-0.25, -0.2) is 0 Å². The highest BCUT2D eigenvalue weighted by molar-refractivity contribution is 5.72. The zero-order valence-electron chi connectivity index (χ0n) is 20.9. The van der Waals surface area contributed by atoms with Crippen molar-refractivity contribution in [3.05, 3.63) is 68.6 Å². The van der Waals surface area contributed by atoms with Crippen LogP contribution in [0.3, 0.4) is 0 Å². The molecule has 1 atom stereocenters. The van der Waals surface area contributed by atoms with Gasteiger partial charge in [-0.15, -0.1) is 0 Å². The van der Waals surface area contributed by atoms with Crippen molar-refractivity contribution in [3.63, 3.8) is 0 Å². The minimum atomic E-state index is -0.590. The number of benzene rings is 2. The molecular weight excluding hydrogens is 464 g/mol. The van der Waals surface area contributed by atoms with Crippen LogP contribution >= 0.6 is 0 Å². The van der Waals surface area contributed by atoms with Crippen LogP contribution in [0.2, 0.25) is 0 Å². The summed E-state index contributed by atoms with van der Waals surface area (Å²) in [7, 11) is 2.87. The molecule has 36 heavy (non-hydrogen) atoms. The second-order valence-corrected chi connectivity index (χ2v) is 9.74. The number of rotatable bonds is 7. The van der Waals surface area contributed by atoms with Crippen molar-refractivity contribution in [2.75, 3.05) is 21.0 Å². The molecule has 0 fully saturated rings. The molecule has 190 valence electrons. The highest BCUT2D eigenvalue weighted by Gasteiger charge is 2.30. The summed E-state index contributed by atoms with van der Waals surface area (Å²) in [6, 6.07) is 9.68. The molecule has 2 aromatic carbocycles. The number of methoxy groups -OCH3 is 2. The lowest BCUT2D eigenvalue weighted by atomic mass is 9.86. The lowest BCUT2D eigenvalue weighted by Gasteiger charge is -2.32. The number of aryl methyl sites for hydroxylation is 1. The van der Waals surface area contributed by atoms with E-state index >= 15 is 0 Å². The summed E-state index contributed by atoms with van der Waals surface area (Å²) in [5.74, 6) is 1.35. The Bertz CT molecular complexity index is 1350. The van der Waals surface area contributed by atoms with E-state index in [1.165, 1.54) is 14.2 Å². The molecule has 0 bridgehead atoms. The van der Waals surface area contributed by atoms with Gasteiger partial charge in [0.2, 0.25) is 12.5 Å². The van der Waals surface area contributed by atoms with Crippen LogP contribution in [0.25, 0.3) is 0 Å². The number of carbonyl (C=O) groups is 1. The molecule has 0 saturated heterocycles. The van der Waals surface area contributed by atoms with Gasteiger partial charge in [0.05, 0.1) is 20.6 Å². The number of H-pyrrole nitrogens is 2. The quantitative estimate of drug-likeness (QED) is 0.480. The minimum Gasteiger partial charge on any atom is -0.493 e. The van der Waals surface area contributed by atoms with Crippen LogP contribution in [0.1, 0.15) is 60.6 Å². The van der Waals surface area contributed by atoms with Crippen LogP contribution in [0, 0.1) is 0 Å². The highest BCUT2D eigenvalue weighted by atomic mass is 16.7. The van der Waals surface area contributed by atoms with Gasteiger partial charge in [0.25, 0.3) is 5.56 Å². The van der Waals surface area contributed by atoms with E-state index in [9.17, 15) is 9.59 Å². The third-order valence-corrected chi connectivity index (χ3v) is 6.82. The molecule has 9 heteroatoms. The van der Waals surface area contributed by atoms with E-state index in [4.69, 9.17) is 23.7 Å². The van der Waals surface area contributed by atoms with Crippen molar-refractivity contribution in [1.82, 2.24) is 10.2 Å². The average molecular weight is 495 g/mol. The van der Waals surface area contributed by atoms with Gasteiger partial charge in [0.1, 0.15) is 11.4 Å². The van der Waals surface area contributed by atoms with Gasteiger partial charge in [-0.1, -0.05) is 12.1 Å². The first kappa shape index (κ1) is 23.8. The largest absolute Gasteiger partial charge is 0.493 e. The van der Waals surface area contributed by atoms with Crippen LogP contribution in [0.15, 0.2) is 35.1 Å². The molecule has 5 rings (SSSR count). The maximum atomic E-state index is 13.1. The lowest BCUT2D eigenvalue weighted by Crippen LogP contribution is -2.32. The van der Waals surface area contributed by atoms with E-state index in [0.717, 1.165) is 29.7 Å². The Balaban J connectivity index is 1.53. The number of hydrogen-bond acceptors (Lipinski definition) is 7. The van der Waals surface area contributed by atoms with Gasteiger partial charge in [0.15, 0.2) is 11.5 Å². The first-order chi connectivity index (χ1) is 17.3. The lowest BCUT2D eigenvalue weighted by molar-refractivity contribution is -0.140.